The molecule has 0 aromatic heterocycles. The van der Waals surface area contributed by atoms with Gasteiger partial charge < -0.3 is 15.4 Å². The molecule has 4 heteroatoms. The molecule has 0 aliphatic heterocycles. The van der Waals surface area contributed by atoms with Gasteiger partial charge in [-0.25, -0.2) is 0 Å². The molecule has 0 bridgehead atoms. The fourth-order valence-corrected chi connectivity index (χ4v) is 1.28. The maximum atomic E-state index is 8.87. The van der Waals surface area contributed by atoms with Crippen molar-refractivity contribution in [1.82, 2.24) is 5.32 Å². The Bertz CT molecular complexity index is 201. The first-order valence-corrected chi connectivity index (χ1v) is 4.21. The number of nitrogens with one attached hydrogen (secondary N) is 1. The van der Waals surface area contributed by atoms with Crippen LogP contribution in [0.3, 0.4) is 0 Å². The van der Waals surface area contributed by atoms with Gasteiger partial charge in [0.1, 0.15) is 0 Å². The van der Waals surface area contributed by atoms with E-state index >= 15 is 0 Å². The third-order valence-electron chi connectivity index (χ3n) is 1.86. The van der Waals surface area contributed by atoms with Gasteiger partial charge in [-0.05, 0) is 18.4 Å². The van der Waals surface area contributed by atoms with Gasteiger partial charge in [-0.15, -0.1) is 0 Å². The summed E-state index contributed by atoms with van der Waals surface area (Å²) in [5, 5.41) is 21.0. The van der Waals surface area contributed by atoms with E-state index in [1.807, 2.05) is 19.1 Å². The van der Waals surface area contributed by atoms with Gasteiger partial charge in [0.2, 0.25) is 0 Å². The van der Waals surface area contributed by atoms with Crippen LogP contribution in [-0.4, -0.2) is 29.8 Å². The summed E-state index contributed by atoms with van der Waals surface area (Å²) in [5.74, 6) is 0. The molecule has 1 rings (SSSR count). The van der Waals surface area contributed by atoms with Crippen LogP contribution >= 0.6 is 0 Å². The highest BCUT2D eigenvalue weighted by Gasteiger charge is 2.16. The van der Waals surface area contributed by atoms with E-state index in [0.717, 1.165) is 13.0 Å². The summed E-state index contributed by atoms with van der Waals surface area (Å²) in [6, 6.07) is 0.247. The van der Waals surface area contributed by atoms with E-state index in [-0.39, 0.29) is 6.04 Å². The van der Waals surface area contributed by atoms with E-state index in [1.54, 1.807) is 6.08 Å². The maximum absolute atomic E-state index is 8.87. The van der Waals surface area contributed by atoms with Gasteiger partial charge in [0, 0.05) is 6.04 Å². The zero-order valence-corrected chi connectivity index (χ0v) is 7.20. The van der Waals surface area contributed by atoms with Gasteiger partial charge in [-0.1, -0.05) is 25.2 Å². The summed E-state index contributed by atoms with van der Waals surface area (Å²) in [7, 11) is -1.34. The lowest BCUT2D eigenvalue weighted by atomic mass is 9.76. The highest BCUT2D eigenvalue weighted by molar-refractivity contribution is 6.51. The van der Waals surface area contributed by atoms with Crippen molar-refractivity contribution in [2.75, 3.05) is 6.54 Å². The lowest BCUT2D eigenvalue weighted by Crippen LogP contribution is -2.30. The van der Waals surface area contributed by atoms with Crippen LogP contribution in [0, 0.1) is 0 Å². The second kappa shape index (κ2) is 4.45. The van der Waals surface area contributed by atoms with E-state index in [1.165, 1.54) is 0 Å². The Hall–Kier alpha value is -0.575. The van der Waals surface area contributed by atoms with Crippen molar-refractivity contribution in [3.8, 4) is 0 Å². The fraction of sp³-hybridized carbons (Fsp3) is 0.500. The van der Waals surface area contributed by atoms with Crippen LogP contribution in [0.5, 0.6) is 0 Å². The standard InChI is InChI=1S/C8H14BNO2/c1-2-10-8-5-3-4-7(6-8)9(11)12/h3-4,6,8,10-12H,2,5H2,1H3. The maximum Gasteiger partial charge on any atom is 0.488 e. The van der Waals surface area contributed by atoms with Gasteiger partial charge in [0.05, 0.1) is 0 Å². The van der Waals surface area contributed by atoms with Gasteiger partial charge in [-0.2, -0.15) is 0 Å². The molecule has 1 aliphatic rings. The van der Waals surface area contributed by atoms with Crippen molar-refractivity contribution in [3.63, 3.8) is 0 Å². The summed E-state index contributed by atoms with van der Waals surface area (Å²) in [6.45, 7) is 2.92. The number of hydrogen-bond acceptors (Lipinski definition) is 3. The Morgan fingerprint density at radius 1 is 1.67 bits per heavy atom. The molecule has 0 aromatic rings. The fourth-order valence-electron chi connectivity index (χ4n) is 1.28. The predicted molar refractivity (Wildman–Crippen MR) is 49.5 cm³/mol. The van der Waals surface area contributed by atoms with Gasteiger partial charge in [0.25, 0.3) is 0 Å². The molecule has 12 heavy (non-hydrogen) atoms. The highest BCUT2D eigenvalue weighted by Crippen LogP contribution is 2.10. The SMILES string of the molecule is CCNC1C=C(B(O)O)C=CC1. The average molecular weight is 167 g/mol. The minimum absolute atomic E-state index is 0.247. The normalized spacial score (nSPS) is 22.2. The van der Waals surface area contributed by atoms with E-state index in [9.17, 15) is 0 Å². The highest BCUT2D eigenvalue weighted by atomic mass is 16.4. The Morgan fingerprint density at radius 2 is 2.42 bits per heavy atom. The van der Waals surface area contributed by atoms with Gasteiger partial charge in [0.15, 0.2) is 0 Å². The van der Waals surface area contributed by atoms with Crippen molar-refractivity contribution in [3.05, 3.63) is 23.7 Å². The van der Waals surface area contributed by atoms with Gasteiger partial charge in [-0.3, -0.25) is 0 Å². The molecule has 3 N–H and O–H groups in total. The van der Waals surface area contributed by atoms with E-state index in [0.29, 0.717) is 5.47 Å². The molecule has 0 saturated carbocycles. The molecule has 0 fully saturated rings. The molecule has 0 radical (unpaired) electrons. The summed E-state index contributed by atoms with van der Waals surface area (Å²) in [5.41, 5.74) is 0.576. The first-order chi connectivity index (χ1) is 5.74. The molecule has 0 amide bonds. The van der Waals surface area contributed by atoms with Crippen molar-refractivity contribution in [1.29, 1.82) is 0 Å². The van der Waals surface area contributed by atoms with Crippen molar-refractivity contribution >= 4 is 7.12 Å². The van der Waals surface area contributed by atoms with E-state index < -0.39 is 7.12 Å². The second-order valence-corrected chi connectivity index (χ2v) is 2.84. The van der Waals surface area contributed by atoms with Crippen LogP contribution in [0.25, 0.3) is 0 Å². The average Bonchev–Trinajstić information content (AvgIpc) is 2.05. The molecule has 66 valence electrons. The Labute approximate surface area is 72.9 Å². The molecule has 0 heterocycles. The number of allylic oxidation sites excluding steroid dienone is 2. The third-order valence-corrected chi connectivity index (χ3v) is 1.86. The number of rotatable bonds is 3. The second-order valence-electron chi connectivity index (χ2n) is 2.84. The molecule has 0 aromatic carbocycles. The van der Waals surface area contributed by atoms with Crippen molar-refractivity contribution in [2.45, 2.75) is 19.4 Å². The molecule has 1 unspecified atom stereocenters. The quantitative estimate of drug-likeness (QED) is 0.513. The first-order valence-electron chi connectivity index (χ1n) is 4.21. The lowest BCUT2D eigenvalue weighted by molar-refractivity contribution is 0.419. The molecule has 3 nitrogen and oxygen atoms in total. The van der Waals surface area contributed by atoms with Crippen LogP contribution < -0.4 is 5.32 Å². The predicted octanol–water partition coefficient (Wildman–Crippen LogP) is -0.137. The zero-order valence-electron chi connectivity index (χ0n) is 7.20. The monoisotopic (exact) mass is 167 g/mol. The smallest absolute Gasteiger partial charge is 0.423 e. The topological polar surface area (TPSA) is 52.5 Å². The van der Waals surface area contributed by atoms with Crippen molar-refractivity contribution < 1.29 is 10.0 Å². The number of likely N-dealkylation sites (N-methyl/N-ethyl adjacent to an activating group) is 1. The summed E-state index contributed by atoms with van der Waals surface area (Å²) in [4.78, 5) is 0. The van der Waals surface area contributed by atoms with E-state index in [2.05, 4.69) is 5.32 Å². The molecular formula is C8H14BNO2. The zero-order chi connectivity index (χ0) is 8.97. The Balaban J connectivity index is 2.56. The van der Waals surface area contributed by atoms with E-state index in [4.69, 9.17) is 10.0 Å². The summed E-state index contributed by atoms with van der Waals surface area (Å²) >= 11 is 0. The molecule has 0 saturated heterocycles. The number of hydrogen-bond donors (Lipinski definition) is 3. The molecule has 0 spiro atoms. The van der Waals surface area contributed by atoms with Crippen LogP contribution in [0.2, 0.25) is 0 Å². The lowest BCUT2D eigenvalue weighted by Gasteiger charge is -2.16. The summed E-state index contributed by atoms with van der Waals surface area (Å²) < 4.78 is 0. The molecule has 1 atom stereocenters. The van der Waals surface area contributed by atoms with Gasteiger partial charge >= 0.3 is 7.12 Å². The first kappa shape index (κ1) is 9.51. The Morgan fingerprint density at radius 3 is 3.00 bits per heavy atom. The third kappa shape index (κ3) is 2.48. The molecular weight excluding hydrogens is 153 g/mol. The minimum Gasteiger partial charge on any atom is -0.423 e. The van der Waals surface area contributed by atoms with Crippen LogP contribution in [0.4, 0.5) is 0 Å². The largest absolute Gasteiger partial charge is 0.488 e. The minimum atomic E-state index is -1.34. The summed E-state index contributed by atoms with van der Waals surface area (Å²) in [6.07, 6.45) is 6.47. The van der Waals surface area contributed by atoms with Crippen LogP contribution in [-0.2, 0) is 0 Å². The van der Waals surface area contributed by atoms with Crippen LogP contribution in [0.1, 0.15) is 13.3 Å². The van der Waals surface area contributed by atoms with Crippen LogP contribution in [0.15, 0.2) is 23.7 Å². The Kier molecular flexibility index (Phi) is 3.53. The van der Waals surface area contributed by atoms with Crippen molar-refractivity contribution in [2.24, 2.45) is 0 Å². The molecule has 1 aliphatic carbocycles.